The summed E-state index contributed by atoms with van der Waals surface area (Å²) in [4.78, 5) is -0.202. The van der Waals surface area contributed by atoms with Crippen molar-refractivity contribution in [1.82, 2.24) is 9.29 Å². The molecular formula is C19H20ClF2N3O4S2. The molecule has 0 saturated heterocycles. The molecule has 0 aliphatic carbocycles. The summed E-state index contributed by atoms with van der Waals surface area (Å²) >= 11 is 0. The highest BCUT2D eigenvalue weighted by atomic mass is 35.5. The standard InChI is InChI=1S/C19H19F2N3O4S2.ClH/c1-22-11-13-8-19(17-7-6-14(20)9-18(17)21)24(12-13)30(27,28)16-5-3-4-15(10-16)23-29(2,25)26;/h3-10,12,22-23H,11H2,1-2H3;1H. The third-order valence-electron chi connectivity index (χ3n) is 4.12. The summed E-state index contributed by atoms with van der Waals surface area (Å²) in [6.07, 6.45) is 2.28. The molecule has 1 heterocycles. The highest BCUT2D eigenvalue weighted by molar-refractivity contribution is 7.92. The van der Waals surface area contributed by atoms with Gasteiger partial charge in [0, 0.05) is 30.1 Å². The topological polar surface area (TPSA) is 97.3 Å². The maximum atomic E-state index is 14.4. The van der Waals surface area contributed by atoms with Crippen LogP contribution < -0.4 is 10.0 Å². The van der Waals surface area contributed by atoms with Crippen LogP contribution in [-0.2, 0) is 26.6 Å². The molecule has 7 nitrogen and oxygen atoms in total. The van der Waals surface area contributed by atoms with E-state index < -0.39 is 31.7 Å². The molecule has 0 spiro atoms. The van der Waals surface area contributed by atoms with E-state index in [-0.39, 0.29) is 34.2 Å². The van der Waals surface area contributed by atoms with Crippen LogP contribution in [0.5, 0.6) is 0 Å². The van der Waals surface area contributed by atoms with Gasteiger partial charge >= 0.3 is 0 Å². The minimum atomic E-state index is -4.23. The number of nitrogens with zero attached hydrogens (tertiary/aromatic N) is 1. The Morgan fingerprint density at radius 1 is 1.00 bits per heavy atom. The van der Waals surface area contributed by atoms with Gasteiger partial charge in [-0.25, -0.2) is 29.6 Å². The second kappa shape index (κ2) is 9.35. The first-order valence-corrected chi connectivity index (χ1v) is 12.0. The van der Waals surface area contributed by atoms with Crippen LogP contribution in [-0.4, -0.2) is 34.1 Å². The van der Waals surface area contributed by atoms with Crippen molar-refractivity contribution in [3.8, 4) is 11.3 Å². The van der Waals surface area contributed by atoms with Crippen molar-refractivity contribution in [2.45, 2.75) is 11.4 Å². The second-order valence-electron chi connectivity index (χ2n) is 6.59. The Bertz CT molecular complexity index is 1310. The lowest BCUT2D eigenvalue weighted by atomic mass is 10.1. The molecule has 1 aromatic heterocycles. The van der Waals surface area contributed by atoms with E-state index in [1.54, 1.807) is 7.05 Å². The highest BCUT2D eigenvalue weighted by Crippen LogP contribution is 2.30. The molecule has 0 radical (unpaired) electrons. The van der Waals surface area contributed by atoms with Crippen molar-refractivity contribution < 1.29 is 25.6 Å². The summed E-state index contributed by atoms with van der Waals surface area (Å²) in [5, 5.41) is 2.89. The lowest BCUT2D eigenvalue weighted by Gasteiger charge is -2.12. The molecule has 0 aliphatic rings. The molecule has 3 aromatic rings. The average Bonchev–Trinajstić information content (AvgIpc) is 3.05. The van der Waals surface area contributed by atoms with Gasteiger partial charge in [-0.1, -0.05) is 6.07 Å². The van der Waals surface area contributed by atoms with Gasteiger partial charge < -0.3 is 5.32 Å². The lowest BCUT2D eigenvalue weighted by Crippen LogP contribution is -2.15. The molecule has 2 N–H and O–H groups in total. The molecule has 2 aromatic carbocycles. The SMILES string of the molecule is CNCc1cc(-c2ccc(F)cc2F)n(S(=O)(=O)c2cccc(NS(C)(=O)=O)c2)c1.Cl. The Morgan fingerprint density at radius 2 is 1.71 bits per heavy atom. The fraction of sp³-hybridized carbons (Fsp3) is 0.158. The first kappa shape index (κ1) is 24.8. The predicted octanol–water partition coefficient (Wildman–Crippen LogP) is 3.18. The van der Waals surface area contributed by atoms with Gasteiger partial charge in [0.2, 0.25) is 10.0 Å². The summed E-state index contributed by atoms with van der Waals surface area (Å²) in [6, 6.07) is 9.62. The zero-order valence-electron chi connectivity index (χ0n) is 16.5. The molecular weight excluding hydrogens is 472 g/mol. The van der Waals surface area contributed by atoms with E-state index in [9.17, 15) is 25.6 Å². The van der Waals surface area contributed by atoms with Crippen molar-refractivity contribution in [1.29, 1.82) is 0 Å². The number of benzene rings is 2. The number of hydrogen-bond acceptors (Lipinski definition) is 5. The van der Waals surface area contributed by atoms with Crippen LogP contribution in [0.1, 0.15) is 5.56 Å². The van der Waals surface area contributed by atoms with E-state index in [1.807, 2.05) is 0 Å². The van der Waals surface area contributed by atoms with Crippen LogP contribution >= 0.6 is 12.4 Å². The van der Waals surface area contributed by atoms with Crippen molar-refractivity contribution in [2.24, 2.45) is 0 Å². The van der Waals surface area contributed by atoms with Gasteiger partial charge in [0.1, 0.15) is 11.6 Å². The summed E-state index contributed by atoms with van der Waals surface area (Å²) in [6.45, 7) is 0.313. The maximum absolute atomic E-state index is 14.4. The largest absolute Gasteiger partial charge is 0.316 e. The number of hydrogen-bond donors (Lipinski definition) is 2. The fourth-order valence-corrected chi connectivity index (χ4v) is 4.93. The molecule has 0 aliphatic heterocycles. The normalized spacial score (nSPS) is 11.7. The van der Waals surface area contributed by atoms with Gasteiger partial charge in [0.05, 0.1) is 16.8 Å². The van der Waals surface area contributed by atoms with E-state index in [4.69, 9.17) is 0 Å². The molecule has 0 bridgehead atoms. The number of nitrogens with one attached hydrogen (secondary N) is 2. The van der Waals surface area contributed by atoms with Crippen LogP contribution in [0.25, 0.3) is 11.3 Å². The van der Waals surface area contributed by atoms with Gasteiger partial charge in [0.15, 0.2) is 0 Å². The summed E-state index contributed by atoms with van der Waals surface area (Å²) < 4.78 is 80.4. The number of anilines is 1. The third-order valence-corrected chi connectivity index (χ3v) is 6.40. The first-order chi connectivity index (χ1) is 14.0. The number of aromatic nitrogens is 1. The van der Waals surface area contributed by atoms with Crippen molar-refractivity contribution in [3.63, 3.8) is 0 Å². The van der Waals surface area contributed by atoms with Gasteiger partial charge in [-0.3, -0.25) is 4.72 Å². The monoisotopic (exact) mass is 491 g/mol. The van der Waals surface area contributed by atoms with Crippen LogP contribution in [0.3, 0.4) is 0 Å². The van der Waals surface area contributed by atoms with E-state index in [0.717, 1.165) is 22.4 Å². The smallest absolute Gasteiger partial charge is 0.268 e. The van der Waals surface area contributed by atoms with Gasteiger partial charge in [0.25, 0.3) is 10.0 Å². The predicted molar refractivity (Wildman–Crippen MR) is 117 cm³/mol. The number of halogens is 3. The molecule has 0 fully saturated rings. The Balaban J connectivity index is 0.00000341. The summed E-state index contributed by atoms with van der Waals surface area (Å²) in [5.41, 5.74) is 0.549. The molecule has 0 unspecified atom stereocenters. The van der Waals surface area contributed by atoms with Crippen molar-refractivity contribution in [2.75, 3.05) is 18.0 Å². The minimum Gasteiger partial charge on any atom is -0.316 e. The lowest BCUT2D eigenvalue weighted by molar-refractivity contribution is 0.583. The molecule has 3 rings (SSSR count). The summed E-state index contributed by atoms with van der Waals surface area (Å²) in [7, 11) is -6.17. The molecule has 12 heteroatoms. The molecule has 0 atom stereocenters. The van der Waals surface area contributed by atoms with E-state index >= 15 is 0 Å². The van der Waals surface area contributed by atoms with Crippen LogP contribution in [0.4, 0.5) is 14.5 Å². The maximum Gasteiger partial charge on any atom is 0.268 e. The Hall–Kier alpha value is -2.47. The van der Waals surface area contributed by atoms with E-state index in [1.165, 1.54) is 36.5 Å². The van der Waals surface area contributed by atoms with Crippen molar-refractivity contribution in [3.05, 3.63) is 71.9 Å². The van der Waals surface area contributed by atoms with E-state index in [2.05, 4.69) is 10.0 Å². The van der Waals surface area contributed by atoms with Crippen LogP contribution in [0, 0.1) is 11.6 Å². The summed E-state index contributed by atoms with van der Waals surface area (Å²) in [5.74, 6) is -1.69. The highest BCUT2D eigenvalue weighted by Gasteiger charge is 2.24. The third kappa shape index (κ3) is 5.62. The van der Waals surface area contributed by atoms with Gasteiger partial charge in [-0.2, -0.15) is 0 Å². The zero-order chi connectivity index (χ0) is 22.1. The minimum absolute atomic E-state index is 0. The average molecular weight is 492 g/mol. The Kier molecular flexibility index (Phi) is 7.48. The van der Waals surface area contributed by atoms with E-state index in [0.29, 0.717) is 18.2 Å². The number of sulfonamides is 1. The molecule has 168 valence electrons. The first-order valence-electron chi connectivity index (χ1n) is 8.66. The van der Waals surface area contributed by atoms with Crippen LogP contribution in [0.2, 0.25) is 0 Å². The fourth-order valence-electron chi connectivity index (χ4n) is 2.94. The molecule has 0 amide bonds. The Labute approximate surface area is 185 Å². The zero-order valence-corrected chi connectivity index (χ0v) is 18.9. The van der Waals surface area contributed by atoms with Crippen LogP contribution in [0.15, 0.2) is 59.6 Å². The van der Waals surface area contributed by atoms with Crippen molar-refractivity contribution >= 4 is 38.1 Å². The molecule has 0 saturated carbocycles. The van der Waals surface area contributed by atoms with Gasteiger partial charge in [-0.15, -0.1) is 12.4 Å². The Morgan fingerprint density at radius 3 is 2.32 bits per heavy atom. The van der Waals surface area contributed by atoms with Gasteiger partial charge in [-0.05, 0) is 49.0 Å². The number of rotatable bonds is 7. The quantitative estimate of drug-likeness (QED) is 0.529. The second-order valence-corrected chi connectivity index (χ2v) is 10.2. The molecule has 31 heavy (non-hydrogen) atoms.